The largest absolute Gasteiger partial charge is 0.326 e. The number of carbonyl (C=O) groups is 2. The summed E-state index contributed by atoms with van der Waals surface area (Å²) in [6.45, 7) is 3.36. The number of nitrogens with one attached hydrogen (secondary N) is 2. The quantitative estimate of drug-likeness (QED) is 0.581. The van der Waals surface area contributed by atoms with Crippen LogP contribution in [0.4, 0.5) is 11.4 Å². The molecule has 0 aromatic heterocycles. The number of hydrogen-bond donors (Lipinski definition) is 3. The van der Waals surface area contributed by atoms with Gasteiger partial charge >= 0.3 is 0 Å². The summed E-state index contributed by atoms with van der Waals surface area (Å²) in [6.07, 6.45) is 0. The number of benzene rings is 3. The molecule has 0 saturated carbocycles. The highest BCUT2D eigenvalue weighted by Gasteiger charge is 2.24. The summed E-state index contributed by atoms with van der Waals surface area (Å²) in [5.41, 5.74) is 3.69. The first-order chi connectivity index (χ1) is 14.0. The molecule has 0 aliphatic carbocycles. The van der Waals surface area contributed by atoms with E-state index in [0.717, 1.165) is 11.1 Å². The normalized spacial score (nSPS) is 11.7. The van der Waals surface area contributed by atoms with Gasteiger partial charge in [0.05, 0.1) is 0 Å². The smallest absolute Gasteiger partial charge is 0.282 e. The van der Waals surface area contributed by atoms with E-state index in [1.807, 2.05) is 43.3 Å². The van der Waals surface area contributed by atoms with Crippen LogP contribution in [0, 0.1) is 0 Å². The molecule has 3 aromatic rings. The minimum absolute atomic E-state index is 0.0280. The van der Waals surface area contributed by atoms with Gasteiger partial charge in [-0.15, -0.1) is 0 Å². The zero-order valence-corrected chi connectivity index (χ0v) is 16.6. The third-order valence-electron chi connectivity index (χ3n) is 4.68. The second-order valence-corrected chi connectivity index (χ2v) is 7.03. The van der Waals surface area contributed by atoms with Crippen LogP contribution < -0.4 is 16.0 Å². The highest BCUT2D eigenvalue weighted by atomic mass is 16.2. The predicted octanol–water partition coefficient (Wildman–Crippen LogP) is 3.33. The van der Waals surface area contributed by atoms with Crippen molar-refractivity contribution in [3.63, 3.8) is 0 Å². The molecule has 0 spiro atoms. The van der Waals surface area contributed by atoms with Crippen molar-refractivity contribution in [3.8, 4) is 0 Å². The first kappa shape index (κ1) is 20.3. The zero-order valence-electron chi connectivity index (χ0n) is 16.6. The summed E-state index contributed by atoms with van der Waals surface area (Å²) in [4.78, 5) is 23.9. The lowest BCUT2D eigenvalue weighted by Gasteiger charge is -2.20. The summed E-state index contributed by atoms with van der Waals surface area (Å²) in [7, 11) is 0. The second-order valence-electron chi connectivity index (χ2n) is 7.03. The van der Waals surface area contributed by atoms with Crippen molar-refractivity contribution < 1.29 is 14.9 Å². The van der Waals surface area contributed by atoms with E-state index in [0.29, 0.717) is 11.4 Å². The van der Waals surface area contributed by atoms with Gasteiger partial charge in [0.2, 0.25) is 5.91 Å². The summed E-state index contributed by atoms with van der Waals surface area (Å²) in [6, 6.07) is 27.2. The van der Waals surface area contributed by atoms with Crippen LogP contribution in [-0.4, -0.2) is 17.9 Å². The highest BCUT2D eigenvalue weighted by molar-refractivity contribution is 5.94. The van der Waals surface area contributed by atoms with Crippen LogP contribution in [0.1, 0.15) is 31.0 Å². The van der Waals surface area contributed by atoms with Crippen molar-refractivity contribution >= 4 is 23.2 Å². The van der Waals surface area contributed by atoms with Crippen LogP contribution in [0.25, 0.3) is 0 Å². The third kappa shape index (κ3) is 5.77. The van der Waals surface area contributed by atoms with Crippen LogP contribution in [-0.2, 0) is 9.59 Å². The van der Waals surface area contributed by atoms with Gasteiger partial charge in [-0.25, -0.2) is 0 Å². The fourth-order valence-electron chi connectivity index (χ4n) is 3.21. The molecule has 0 aliphatic heterocycles. The third-order valence-corrected chi connectivity index (χ3v) is 4.68. The minimum Gasteiger partial charge on any atom is -0.326 e. The Bertz CT molecular complexity index is 901. The maximum Gasteiger partial charge on any atom is 0.282 e. The fraction of sp³-hybridized carbons (Fsp3) is 0.167. The molecule has 3 rings (SSSR count). The van der Waals surface area contributed by atoms with E-state index in [1.54, 1.807) is 24.3 Å². The Morgan fingerprint density at radius 1 is 0.724 bits per heavy atom. The number of amides is 2. The first-order valence-electron chi connectivity index (χ1n) is 9.66. The van der Waals surface area contributed by atoms with Crippen LogP contribution >= 0.6 is 0 Å². The summed E-state index contributed by atoms with van der Waals surface area (Å²) < 4.78 is 0. The maximum absolute atomic E-state index is 12.8. The van der Waals surface area contributed by atoms with Crippen molar-refractivity contribution in [2.75, 3.05) is 10.6 Å². The van der Waals surface area contributed by atoms with Gasteiger partial charge in [0, 0.05) is 29.4 Å². The Morgan fingerprint density at radius 2 is 1.17 bits per heavy atom. The molecule has 0 unspecified atom stereocenters. The summed E-state index contributed by atoms with van der Waals surface area (Å²) in [5.74, 6) is -0.202. The second kappa shape index (κ2) is 9.66. The van der Waals surface area contributed by atoms with E-state index < -0.39 is 0 Å². The monoisotopic (exact) mass is 388 g/mol. The van der Waals surface area contributed by atoms with Gasteiger partial charge in [-0.1, -0.05) is 60.7 Å². The van der Waals surface area contributed by atoms with E-state index >= 15 is 0 Å². The summed E-state index contributed by atoms with van der Waals surface area (Å²) in [5, 5.41) is 7.74. The maximum atomic E-state index is 12.8. The average Bonchev–Trinajstić information content (AvgIpc) is 2.74. The van der Waals surface area contributed by atoms with Gasteiger partial charge in [-0.2, -0.15) is 0 Å². The molecule has 3 aromatic carbocycles. The lowest BCUT2D eigenvalue weighted by molar-refractivity contribution is -0.704. The molecule has 5 heteroatoms. The van der Waals surface area contributed by atoms with E-state index in [2.05, 4.69) is 40.2 Å². The Hall–Kier alpha value is -3.44. The molecule has 5 nitrogen and oxygen atoms in total. The van der Waals surface area contributed by atoms with Gasteiger partial charge in [0.1, 0.15) is 6.04 Å². The molecule has 0 fully saturated rings. The Kier molecular flexibility index (Phi) is 6.76. The van der Waals surface area contributed by atoms with Gasteiger partial charge < -0.3 is 16.0 Å². The number of hydrogen-bond acceptors (Lipinski definition) is 2. The molecular weight excluding hydrogens is 362 g/mol. The molecule has 1 atom stereocenters. The Labute approximate surface area is 171 Å². The van der Waals surface area contributed by atoms with Crippen molar-refractivity contribution in [1.29, 1.82) is 0 Å². The van der Waals surface area contributed by atoms with Crippen molar-refractivity contribution in [2.24, 2.45) is 0 Å². The SMILES string of the molecule is CC(=O)Nc1ccc(NC(=O)[C@@H](C)[NH2+]C(c2ccccc2)c2ccccc2)cc1. The molecule has 148 valence electrons. The average molecular weight is 388 g/mol. The lowest BCUT2D eigenvalue weighted by atomic mass is 9.98. The molecule has 4 N–H and O–H groups in total. The van der Waals surface area contributed by atoms with Crippen molar-refractivity contribution in [1.82, 2.24) is 0 Å². The van der Waals surface area contributed by atoms with Crippen molar-refractivity contribution in [2.45, 2.75) is 25.9 Å². The van der Waals surface area contributed by atoms with Crippen LogP contribution in [0.3, 0.4) is 0 Å². The van der Waals surface area contributed by atoms with Gasteiger partial charge in [0.15, 0.2) is 6.04 Å². The lowest BCUT2D eigenvalue weighted by Crippen LogP contribution is -2.92. The molecule has 0 aliphatic rings. The molecule has 29 heavy (non-hydrogen) atoms. The van der Waals surface area contributed by atoms with Gasteiger partial charge in [-0.3, -0.25) is 9.59 Å². The van der Waals surface area contributed by atoms with Gasteiger partial charge in [-0.05, 0) is 31.2 Å². The molecule has 2 amide bonds. The minimum atomic E-state index is -0.296. The Morgan fingerprint density at radius 3 is 1.62 bits per heavy atom. The predicted molar refractivity (Wildman–Crippen MR) is 115 cm³/mol. The zero-order chi connectivity index (χ0) is 20.6. The molecule has 0 bridgehead atoms. The number of quaternary nitrogens is 1. The van der Waals surface area contributed by atoms with Gasteiger partial charge in [0.25, 0.3) is 5.91 Å². The van der Waals surface area contributed by atoms with Crippen LogP contribution in [0.2, 0.25) is 0 Å². The molecule has 0 radical (unpaired) electrons. The van der Waals surface area contributed by atoms with Crippen LogP contribution in [0.15, 0.2) is 84.9 Å². The van der Waals surface area contributed by atoms with E-state index in [9.17, 15) is 9.59 Å². The number of nitrogens with two attached hydrogens (primary N) is 1. The molecular formula is C24H26N3O2+. The van der Waals surface area contributed by atoms with E-state index in [1.165, 1.54) is 6.92 Å². The number of rotatable bonds is 7. The topological polar surface area (TPSA) is 74.8 Å². The van der Waals surface area contributed by atoms with Crippen LogP contribution in [0.5, 0.6) is 0 Å². The Balaban J connectivity index is 1.70. The molecule has 0 saturated heterocycles. The molecule has 0 heterocycles. The standard InChI is InChI=1S/C24H25N3O2/c1-17(24(29)27-22-15-13-21(14-16-22)26-18(2)28)25-23(19-9-5-3-6-10-19)20-11-7-4-8-12-20/h3-17,23,25H,1-2H3,(H,26,28)(H,27,29)/p+1/t17-/m1/s1. The first-order valence-corrected chi connectivity index (χ1v) is 9.66. The van der Waals surface area contributed by atoms with E-state index in [4.69, 9.17) is 0 Å². The number of anilines is 2. The summed E-state index contributed by atoms with van der Waals surface area (Å²) >= 11 is 0. The van der Waals surface area contributed by atoms with Crippen molar-refractivity contribution in [3.05, 3.63) is 96.1 Å². The number of carbonyl (C=O) groups excluding carboxylic acids is 2. The highest BCUT2D eigenvalue weighted by Crippen LogP contribution is 2.18. The van der Waals surface area contributed by atoms with E-state index in [-0.39, 0.29) is 23.9 Å². The fourth-order valence-corrected chi connectivity index (χ4v) is 3.21.